The quantitative estimate of drug-likeness (QED) is 0.506. The average molecular weight is 471 g/mol. The smallest absolute Gasteiger partial charge is 0.274 e. The molecule has 4 rings (SSSR count). The highest BCUT2D eigenvalue weighted by Gasteiger charge is 2.29. The van der Waals surface area contributed by atoms with E-state index < -0.39 is 0 Å². The van der Waals surface area contributed by atoms with E-state index in [4.69, 9.17) is 20.8 Å². The Labute approximate surface area is 197 Å². The molecule has 0 aliphatic carbocycles. The molecule has 0 atom stereocenters. The number of rotatable bonds is 8. The third kappa shape index (κ3) is 5.46. The van der Waals surface area contributed by atoms with Gasteiger partial charge in [-0.3, -0.25) is 9.59 Å². The first-order valence-electron chi connectivity index (χ1n) is 11.0. The van der Waals surface area contributed by atoms with Crippen molar-refractivity contribution in [2.75, 3.05) is 33.4 Å². The van der Waals surface area contributed by atoms with Crippen molar-refractivity contribution in [3.63, 3.8) is 0 Å². The van der Waals surface area contributed by atoms with Crippen molar-refractivity contribution < 1.29 is 18.7 Å². The third-order valence-electron chi connectivity index (χ3n) is 5.75. The first kappa shape index (κ1) is 23.1. The monoisotopic (exact) mass is 470 g/mol. The molecule has 8 nitrogen and oxygen atoms in total. The minimum absolute atomic E-state index is 0.0466. The van der Waals surface area contributed by atoms with Crippen molar-refractivity contribution >= 4 is 23.4 Å². The molecule has 0 spiro atoms. The van der Waals surface area contributed by atoms with Crippen LogP contribution in [0.15, 0.2) is 53.1 Å². The number of nitrogens with one attached hydrogen (secondary N) is 1. The number of hydrogen-bond donors (Lipinski definition) is 1. The second kappa shape index (κ2) is 10.7. The first-order chi connectivity index (χ1) is 16.1. The highest BCUT2D eigenvalue weighted by molar-refractivity contribution is 6.30. The Morgan fingerprint density at radius 3 is 2.64 bits per heavy atom. The summed E-state index contributed by atoms with van der Waals surface area (Å²) < 4.78 is 12.3. The van der Waals surface area contributed by atoms with E-state index in [9.17, 15) is 9.59 Å². The summed E-state index contributed by atoms with van der Waals surface area (Å²) in [5.41, 5.74) is 1.78. The van der Waals surface area contributed by atoms with Crippen molar-refractivity contribution in [3.05, 3.63) is 59.4 Å². The van der Waals surface area contributed by atoms with Crippen molar-refractivity contribution in [2.45, 2.75) is 19.3 Å². The van der Waals surface area contributed by atoms with Gasteiger partial charge < -0.3 is 19.4 Å². The van der Waals surface area contributed by atoms with E-state index in [1.165, 1.54) is 0 Å². The van der Waals surface area contributed by atoms with Gasteiger partial charge in [0.05, 0.1) is 12.0 Å². The number of nitrogens with zero attached hydrogens (tertiary/aromatic N) is 3. The van der Waals surface area contributed by atoms with E-state index in [1.54, 1.807) is 47.2 Å². The van der Waals surface area contributed by atoms with Crippen LogP contribution in [-0.4, -0.2) is 59.8 Å². The zero-order chi connectivity index (χ0) is 23.2. The molecule has 0 bridgehead atoms. The number of aromatic nitrogens is 2. The van der Waals surface area contributed by atoms with E-state index in [0.717, 1.165) is 12.1 Å². The topological polar surface area (TPSA) is 89.6 Å². The number of ether oxygens (including phenoxy) is 1. The Balaban J connectivity index is 1.45. The Hall–Kier alpha value is -3.10. The summed E-state index contributed by atoms with van der Waals surface area (Å²) in [6.07, 6.45) is 3.63. The molecule has 1 aromatic carbocycles. The first-order valence-corrected chi connectivity index (χ1v) is 11.4. The molecule has 2 aromatic heterocycles. The number of likely N-dealkylation sites (tertiary alicyclic amines) is 1. The van der Waals surface area contributed by atoms with Crippen LogP contribution in [0, 0.1) is 5.92 Å². The van der Waals surface area contributed by atoms with Crippen LogP contribution in [0.2, 0.25) is 5.02 Å². The van der Waals surface area contributed by atoms with Gasteiger partial charge in [-0.2, -0.15) is 5.10 Å². The molecular weight excluding hydrogens is 444 g/mol. The fourth-order valence-corrected chi connectivity index (χ4v) is 4.07. The molecule has 3 heterocycles. The SMILES string of the molecule is COCCCNC(=O)C1CCN(C(=O)c2cc(-c3ccco3)n(-c3ccc(Cl)cc3)n2)CC1. The molecule has 9 heteroatoms. The zero-order valence-corrected chi connectivity index (χ0v) is 19.3. The average Bonchev–Trinajstić information content (AvgIpc) is 3.52. The lowest BCUT2D eigenvalue weighted by Crippen LogP contribution is -2.43. The molecule has 2 amide bonds. The summed E-state index contributed by atoms with van der Waals surface area (Å²) in [7, 11) is 1.64. The van der Waals surface area contributed by atoms with Crippen LogP contribution < -0.4 is 5.32 Å². The maximum absolute atomic E-state index is 13.2. The standard InChI is InChI=1S/C24H27ClN4O4/c1-32-14-3-11-26-23(30)17-9-12-28(13-10-17)24(31)20-16-21(22-4-2-15-33-22)29(27-20)19-7-5-18(25)6-8-19/h2,4-8,15-17H,3,9-14H2,1H3,(H,26,30). The van der Waals surface area contributed by atoms with E-state index >= 15 is 0 Å². The second-order valence-corrected chi connectivity index (χ2v) is 8.42. The summed E-state index contributed by atoms with van der Waals surface area (Å²) in [6.45, 7) is 2.25. The van der Waals surface area contributed by atoms with E-state index in [0.29, 0.717) is 61.3 Å². The van der Waals surface area contributed by atoms with E-state index in [-0.39, 0.29) is 17.7 Å². The van der Waals surface area contributed by atoms with Crippen LogP contribution in [0.3, 0.4) is 0 Å². The van der Waals surface area contributed by atoms with Gasteiger partial charge >= 0.3 is 0 Å². The molecule has 1 aliphatic rings. The molecule has 1 fully saturated rings. The van der Waals surface area contributed by atoms with Gasteiger partial charge in [0, 0.05) is 50.4 Å². The predicted molar refractivity (Wildman–Crippen MR) is 124 cm³/mol. The molecule has 1 N–H and O–H groups in total. The van der Waals surface area contributed by atoms with Crippen molar-refractivity contribution in [1.29, 1.82) is 0 Å². The molecular formula is C24H27ClN4O4. The molecule has 3 aromatic rings. The van der Waals surface area contributed by atoms with Crippen LogP contribution in [0.1, 0.15) is 29.8 Å². The largest absolute Gasteiger partial charge is 0.463 e. The normalized spacial score (nSPS) is 14.4. The number of hydrogen-bond acceptors (Lipinski definition) is 5. The van der Waals surface area contributed by atoms with Crippen molar-refractivity contribution in [3.8, 4) is 17.1 Å². The van der Waals surface area contributed by atoms with Gasteiger partial charge in [0.1, 0.15) is 5.69 Å². The van der Waals surface area contributed by atoms with Crippen LogP contribution >= 0.6 is 11.6 Å². The van der Waals surface area contributed by atoms with Crippen molar-refractivity contribution in [2.24, 2.45) is 5.92 Å². The van der Waals surface area contributed by atoms with Crippen LogP contribution in [-0.2, 0) is 9.53 Å². The van der Waals surface area contributed by atoms with E-state index in [2.05, 4.69) is 10.4 Å². The molecule has 1 saturated heterocycles. The summed E-state index contributed by atoms with van der Waals surface area (Å²) in [6, 6.07) is 12.6. The molecule has 0 saturated carbocycles. The van der Waals surface area contributed by atoms with Crippen LogP contribution in [0.25, 0.3) is 17.1 Å². The van der Waals surface area contributed by atoms with Gasteiger partial charge in [0.15, 0.2) is 11.5 Å². The Morgan fingerprint density at radius 2 is 1.97 bits per heavy atom. The fraction of sp³-hybridized carbons (Fsp3) is 0.375. The highest BCUT2D eigenvalue weighted by Crippen LogP contribution is 2.27. The lowest BCUT2D eigenvalue weighted by molar-refractivity contribution is -0.126. The van der Waals surface area contributed by atoms with Gasteiger partial charge in [-0.1, -0.05) is 11.6 Å². The van der Waals surface area contributed by atoms with Gasteiger partial charge in [-0.05, 0) is 55.7 Å². The number of piperidine rings is 1. The Morgan fingerprint density at radius 1 is 1.21 bits per heavy atom. The minimum atomic E-state index is -0.158. The van der Waals surface area contributed by atoms with Crippen LogP contribution in [0.5, 0.6) is 0 Å². The van der Waals surface area contributed by atoms with Gasteiger partial charge in [-0.25, -0.2) is 4.68 Å². The summed E-state index contributed by atoms with van der Waals surface area (Å²) >= 11 is 6.03. The lowest BCUT2D eigenvalue weighted by Gasteiger charge is -2.30. The number of methoxy groups -OCH3 is 1. The highest BCUT2D eigenvalue weighted by atomic mass is 35.5. The predicted octanol–water partition coefficient (Wildman–Crippen LogP) is 3.79. The van der Waals surface area contributed by atoms with Gasteiger partial charge in [0.2, 0.25) is 5.91 Å². The number of amides is 2. The zero-order valence-electron chi connectivity index (χ0n) is 18.5. The van der Waals surface area contributed by atoms with E-state index in [1.807, 2.05) is 18.2 Å². The number of halogens is 1. The lowest BCUT2D eigenvalue weighted by atomic mass is 9.95. The molecule has 0 radical (unpaired) electrons. The summed E-state index contributed by atoms with van der Waals surface area (Å²) in [5, 5.41) is 8.16. The maximum Gasteiger partial charge on any atom is 0.274 e. The molecule has 174 valence electrons. The van der Waals surface area contributed by atoms with Crippen LogP contribution in [0.4, 0.5) is 0 Å². The second-order valence-electron chi connectivity index (χ2n) is 7.98. The fourth-order valence-electron chi connectivity index (χ4n) is 3.94. The number of carbonyl (C=O) groups excluding carboxylic acids is 2. The maximum atomic E-state index is 13.2. The molecule has 33 heavy (non-hydrogen) atoms. The van der Waals surface area contributed by atoms with Gasteiger partial charge in [0.25, 0.3) is 5.91 Å². The Bertz CT molecular complexity index is 1070. The number of benzene rings is 1. The summed E-state index contributed by atoms with van der Waals surface area (Å²) in [5.74, 6) is 0.419. The summed E-state index contributed by atoms with van der Waals surface area (Å²) in [4.78, 5) is 27.4. The molecule has 0 unspecified atom stereocenters. The third-order valence-corrected chi connectivity index (χ3v) is 6.00. The van der Waals surface area contributed by atoms with Crippen molar-refractivity contribution in [1.82, 2.24) is 20.0 Å². The Kier molecular flexibility index (Phi) is 7.47. The minimum Gasteiger partial charge on any atom is -0.463 e. The van der Waals surface area contributed by atoms with Gasteiger partial charge in [-0.15, -0.1) is 0 Å². The molecule has 1 aliphatic heterocycles. The number of furan rings is 1. The number of carbonyl (C=O) groups is 2.